The fourth-order valence-electron chi connectivity index (χ4n) is 4.08. The van der Waals surface area contributed by atoms with Crippen molar-refractivity contribution in [2.45, 2.75) is 31.8 Å². The smallest absolute Gasteiger partial charge is 0.325 e. The molecule has 0 bridgehead atoms. The number of anilines is 1. The van der Waals surface area contributed by atoms with Crippen molar-refractivity contribution in [3.63, 3.8) is 0 Å². The lowest BCUT2D eigenvalue weighted by Gasteiger charge is -2.48. The van der Waals surface area contributed by atoms with Crippen molar-refractivity contribution in [3.05, 3.63) is 29.8 Å². The van der Waals surface area contributed by atoms with Gasteiger partial charge in [0, 0.05) is 19.4 Å². The number of para-hydroxylation sites is 1. The molecule has 1 saturated heterocycles. The lowest BCUT2D eigenvalue weighted by molar-refractivity contribution is -0.152. The minimum atomic E-state index is -0.891. The number of carbonyl (C=O) groups excluding carboxylic acids is 5. The van der Waals surface area contributed by atoms with Crippen LogP contribution < -0.4 is 4.90 Å². The number of nitrogens with zero attached hydrogens (tertiary/aromatic N) is 3. The second-order valence-electron chi connectivity index (χ2n) is 7.57. The minimum absolute atomic E-state index is 0.0190. The van der Waals surface area contributed by atoms with Crippen molar-refractivity contribution >= 4 is 35.3 Å². The van der Waals surface area contributed by atoms with E-state index in [2.05, 4.69) is 9.47 Å². The average molecular weight is 431 g/mol. The normalized spacial score (nSPS) is 19.6. The van der Waals surface area contributed by atoms with Crippen LogP contribution in [0, 0.1) is 0 Å². The third-order valence-electron chi connectivity index (χ3n) is 5.74. The van der Waals surface area contributed by atoms with E-state index in [9.17, 15) is 24.0 Å². The summed E-state index contributed by atoms with van der Waals surface area (Å²) in [5.41, 5.74) is 0.0694. The number of ether oxygens (including phenoxy) is 2. The van der Waals surface area contributed by atoms with Crippen molar-refractivity contribution in [1.29, 1.82) is 0 Å². The lowest BCUT2D eigenvalue weighted by atomic mass is 9.98. The van der Waals surface area contributed by atoms with Gasteiger partial charge in [-0.25, -0.2) is 0 Å². The van der Waals surface area contributed by atoms with Crippen LogP contribution >= 0.6 is 0 Å². The van der Waals surface area contributed by atoms with Gasteiger partial charge >= 0.3 is 11.9 Å². The van der Waals surface area contributed by atoms with Gasteiger partial charge in [0.05, 0.1) is 25.5 Å². The van der Waals surface area contributed by atoms with Crippen molar-refractivity contribution in [1.82, 2.24) is 9.80 Å². The molecule has 0 aliphatic carbocycles. The minimum Gasteiger partial charge on any atom is -0.468 e. The second kappa shape index (κ2) is 8.75. The zero-order valence-electron chi connectivity index (χ0n) is 17.8. The van der Waals surface area contributed by atoms with Crippen molar-refractivity contribution in [2.75, 3.05) is 38.8 Å². The van der Waals surface area contributed by atoms with E-state index in [1.165, 1.54) is 19.1 Å². The van der Waals surface area contributed by atoms with Crippen molar-refractivity contribution in [3.8, 4) is 0 Å². The molecule has 3 rings (SSSR count). The van der Waals surface area contributed by atoms with Crippen molar-refractivity contribution in [2.24, 2.45) is 0 Å². The van der Waals surface area contributed by atoms with E-state index in [-0.39, 0.29) is 24.8 Å². The van der Waals surface area contributed by atoms with Gasteiger partial charge in [0.1, 0.15) is 18.8 Å². The fourth-order valence-corrected chi connectivity index (χ4v) is 4.08. The van der Waals surface area contributed by atoms with Gasteiger partial charge in [-0.2, -0.15) is 0 Å². The molecule has 1 aromatic rings. The molecule has 1 unspecified atom stereocenters. The van der Waals surface area contributed by atoms with E-state index in [4.69, 9.17) is 0 Å². The van der Waals surface area contributed by atoms with Gasteiger partial charge in [0.2, 0.25) is 11.8 Å². The number of amides is 3. The second-order valence-corrected chi connectivity index (χ2v) is 7.57. The molecular weight excluding hydrogens is 406 g/mol. The Balaban J connectivity index is 1.81. The Morgan fingerprint density at radius 2 is 1.68 bits per heavy atom. The Labute approximate surface area is 179 Å². The van der Waals surface area contributed by atoms with Crippen LogP contribution in [-0.2, 0) is 28.7 Å². The number of esters is 2. The Morgan fingerprint density at radius 1 is 1.06 bits per heavy atom. The number of benzene rings is 1. The summed E-state index contributed by atoms with van der Waals surface area (Å²) in [6, 6.07) is 6.89. The molecule has 3 amide bonds. The average Bonchev–Trinajstić information content (AvgIpc) is 3.07. The summed E-state index contributed by atoms with van der Waals surface area (Å²) in [6.45, 7) is 0.994. The first-order valence-electron chi connectivity index (χ1n) is 9.88. The van der Waals surface area contributed by atoms with Crippen LogP contribution in [0.1, 0.15) is 36.5 Å². The maximum atomic E-state index is 13.2. The van der Waals surface area contributed by atoms with Crippen LogP contribution in [-0.4, -0.2) is 79.0 Å². The molecule has 166 valence electrons. The molecule has 1 aromatic carbocycles. The SMILES string of the molecule is COC(=O)CN(CC(=O)OC)C(=O)CCN1C(=O)c2ccccc2N2C(=O)CCC12C. The summed E-state index contributed by atoms with van der Waals surface area (Å²) in [7, 11) is 2.36. The summed E-state index contributed by atoms with van der Waals surface area (Å²) in [6.07, 6.45) is 0.590. The molecule has 0 saturated carbocycles. The van der Waals surface area contributed by atoms with E-state index in [0.29, 0.717) is 24.1 Å². The summed E-state index contributed by atoms with van der Waals surface area (Å²) < 4.78 is 9.18. The molecule has 0 spiro atoms. The van der Waals surface area contributed by atoms with Crippen LogP contribution in [0.15, 0.2) is 24.3 Å². The number of carbonyl (C=O) groups is 5. The predicted octanol–water partition coefficient (Wildman–Crippen LogP) is 0.550. The summed E-state index contributed by atoms with van der Waals surface area (Å²) >= 11 is 0. The van der Waals surface area contributed by atoms with Crippen LogP contribution in [0.25, 0.3) is 0 Å². The van der Waals surface area contributed by atoms with E-state index in [1.807, 2.05) is 0 Å². The maximum Gasteiger partial charge on any atom is 0.325 e. The molecule has 2 aliphatic rings. The summed E-state index contributed by atoms with van der Waals surface area (Å²) in [4.78, 5) is 66.1. The monoisotopic (exact) mass is 431 g/mol. The molecule has 1 atom stereocenters. The van der Waals surface area contributed by atoms with Gasteiger partial charge in [-0.3, -0.25) is 28.9 Å². The van der Waals surface area contributed by atoms with E-state index < -0.39 is 36.6 Å². The molecule has 1 fully saturated rings. The topological polar surface area (TPSA) is 114 Å². The third kappa shape index (κ3) is 4.10. The first kappa shape index (κ1) is 22.3. The van der Waals surface area contributed by atoms with Crippen LogP contribution in [0.3, 0.4) is 0 Å². The molecule has 10 nitrogen and oxygen atoms in total. The lowest BCUT2D eigenvalue weighted by Crippen LogP contribution is -2.62. The number of methoxy groups -OCH3 is 2. The van der Waals surface area contributed by atoms with Gasteiger partial charge in [-0.1, -0.05) is 12.1 Å². The molecule has 0 radical (unpaired) electrons. The molecule has 0 N–H and O–H groups in total. The van der Waals surface area contributed by atoms with Gasteiger partial charge < -0.3 is 19.3 Å². The summed E-state index contributed by atoms with van der Waals surface area (Å²) in [5.74, 6) is -2.23. The Bertz CT molecular complexity index is 913. The third-order valence-corrected chi connectivity index (χ3v) is 5.74. The molecular formula is C21H25N3O7. The standard InChI is InChI=1S/C21H25N3O7/c1-21-10-8-17(26)24(21)15-7-5-4-6-14(15)20(29)23(21)11-9-16(25)22(12-18(27)30-2)13-19(28)31-3/h4-7H,8-13H2,1-3H3. The highest BCUT2D eigenvalue weighted by Gasteiger charge is 2.52. The predicted molar refractivity (Wildman–Crippen MR) is 108 cm³/mol. The Morgan fingerprint density at radius 3 is 2.29 bits per heavy atom. The first-order chi connectivity index (χ1) is 14.7. The Hall–Kier alpha value is -3.43. The molecule has 2 heterocycles. The fraction of sp³-hybridized carbons (Fsp3) is 0.476. The highest BCUT2D eigenvalue weighted by molar-refractivity contribution is 6.10. The van der Waals surface area contributed by atoms with Crippen LogP contribution in [0.5, 0.6) is 0 Å². The van der Waals surface area contributed by atoms with E-state index in [1.54, 1.807) is 36.1 Å². The molecule has 31 heavy (non-hydrogen) atoms. The number of hydrogen-bond donors (Lipinski definition) is 0. The zero-order chi connectivity index (χ0) is 22.8. The number of fused-ring (bicyclic) bond motifs is 3. The number of hydrogen-bond acceptors (Lipinski definition) is 7. The molecule has 0 aromatic heterocycles. The van der Waals surface area contributed by atoms with E-state index >= 15 is 0 Å². The summed E-state index contributed by atoms with van der Waals surface area (Å²) in [5, 5.41) is 0. The maximum absolute atomic E-state index is 13.2. The van der Waals surface area contributed by atoms with Crippen LogP contribution in [0.2, 0.25) is 0 Å². The quantitative estimate of drug-likeness (QED) is 0.579. The highest BCUT2D eigenvalue weighted by atomic mass is 16.5. The Kier molecular flexibility index (Phi) is 6.28. The highest BCUT2D eigenvalue weighted by Crippen LogP contribution is 2.43. The van der Waals surface area contributed by atoms with E-state index in [0.717, 1.165) is 4.90 Å². The largest absolute Gasteiger partial charge is 0.468 e. The van der Waals surface area contributed by atoms with Gasteiger partial charge in [-0.05, 0) is 25.5 Å². The van der Waals surface area contributed by atoms with Gasteiger partial charge in [0.15, 0.2) is 0 Å². The van der Waals surface area contributed by atoms with Crippen LogP contribution in [0.4, 0.5) is 5.69 Å². The molecule has 10 heteroatoms. The number of rotatable bonds is 7. The zero-order valence-corrected chi connectivity index (χ0v) is 17.8. The van der Waals surface area contributed by atoms with Crippen molar-refractivity contribution < 1.29 is 33.4 Å². The molecule has 2 aliphatic heterocycles. The van der Waals surface area contributed by atoms with Gasteiger partial charge in [0.25, 0.3) is 5.91 Å². The first-order valence-corrected chi connectivity index (χ1v) is 9.88. The van der Waals surface area contributed by atoms with Gasteiger partial charge in [-0.15, -0.1) is 0 Å².